The highest BCUT2D eigenvalue weighted by Gasteiger charge is 2.44. The Labute approximate surface area is 333 Å². The molecular formula is C45H78O10. The molecule has 0 spiro atoms. The molecule has 0 bridgehead atoms. The average Bonchev–Trinajstić information content (AvgIpc) is 3.18. The van der Waals surface area contributed by atoms with Crippen LogP contribution in [0.4, 0.5) is 0 Å². The molecule has 0 aromatic rings. The van der Waals surface area contributed by atoms with E-state index in [0.29, 0.717) is 12.8 Å². The second-order valence-electron chi connectivity index (χ2n) is 14.8. The molecule has 318 valence electrons. The van der Waals surface area contributed by atoms with Gasteiger partial charge in [0.25, 0.3) is 0 Å². The number of carbonyl (C=O) groups is 2. The third kappa shape index (κ3) is 27.8. The molecule has 10 nitrogen and oxygen atoms in total. The highest BCUT2D eigenvalue weighted by molar-refractivity contribution is 5.70. The Balaban J connectivity index is 2.38. The molecule has 1 fully saturated rings. The summed E-state index contributed by atoms with van der Waals surface area (Å²) in [4.78, 5) is 25.3. The van der Waals surface area contributed by atoms with Crippen molar-refractivity contribution in [2.24, 2.45) is 0 Å². The van der Waals surface area contributed by atoms with Crippen molar-refractivity contribution in [2.45, 2.75) is 205 Å². The fraction of sp³-hybridized carbons (Fsp3) is 0.778. The third-order valence-corrected chi connectivity index (χ3v) is 9.69. The van der Waals surface area contributed by atoms with Crippen molar-refractivity contribution in [3.63, 3.8) is 0 Å². The first-order chi connectivity index (χ1) is 26.8. The predicted octanol–water partition coefficient (Wildman–Crippen LogP) is 8.88. The lowest BCUT2D eigenvalue weighted by Gasteiger charge is -2.39. The van der Waals surface area contributed by atoms with Crippen LogP contribution in [0.1, 0.15) is 168 Å². The third-order valence-electron chi connectivity index (χ3n) is 9.69. The van der Waals surface area contributed by atoms with E-state index < -0.39 is 55.4 Å². The number of aliphatic hydroxyl groups is 4. The predicted molar refractivity (Wildman–Crippen MR) is 219 cm³/mol. The van der Waals surface area contributed by atoms with Gasteiger partial charge in [-0.25, -0.2) is 0 Å². The van der Waals surface area contributed by atoms with E-state index >= 15 is 0 Å². The summed E-state index contributed by atoms with van der Waals surface area (Å²) in [6, 6.07) is 0. The summed E-state index contributed by atoms with van der Waals surface area (Å²) in [6.07, 6.45) is 33.9. The second-order valence-corrected chi connectivity index (χ2v) is 14.8. The van der Waals surface area contributed by atoms with Gasteiger partial charge in [-0.15, -0.1) is 0 Å². The summed E-state index contributed by atoms with van der Waals surface area (Å²) in [5.41, 5.74) is 0. The summed E-state index contributed by atoms with van der Waals surface area (Å²) in [5, 5.41) is 40.0. The number of rotatable bonds is 35. The number of hydrogen-bond acceptors (Lipinski definition) is 10. The summed E-state index contributed by atoms with van der Waals surface area (Å²) in [6.45, 7) is 3.33. The maximum Gasteiger partial charge on any atom is 0.306 e. The quantitative estimate of drug-likeness (QED) is 0.0279. The van der Waals surface area contributed by atoms with Crippen LogP contribution in [0.2, 0.25) is 0 Å². The minimum Gasteiger partial charge on any atom is -0.462 e. The largest absolute Gasteiger partial charge is 0.462 e. The van der Waals surface area contributed by atoms with Crippen LogP contribution in [0.25, 0.3) is 0 Å². The lowest BCUT2D eigenvalue weighted by molar-refractivity contribution is -0.305. The highest BCUT2D eigenvalue weighted by Crippen LogP contribution is 2.22. The zero-order valence-corrected chi connectivity index (χ0v) is 34.4. The summed E-state index contributed by atoms with van der Waals surface area (Å²) < 4.78 is 22.1. The molecular weight excluding hydrogens is 700 g/mol. The van der Waals surface area contributed by atoms with Gasteiger partial charge in [0.15, 0.2) is 12.4 Å². The Morgan fingerprint density at radius 3 is 1.51 bits per heavy atom. The van der Waals surface area contributed by atoms with Gasteiger partial charge >= 0.3 is 11.9 Å². The van der Waals surface area contributed by atoms with E-state index in [-0.39, 0.29) is 26.1 Å². The van der Waals surface area contributed by atoms with E-state index in [1.807, 2.05) is 0 Å². The van der Waals surface area contributed by atoms with Crippen LogP contribution in [0, 0.1) is 0 Å². The first-order valence-corrected chi connectivity index (χ1v) is 21.7. The number of aliphatic hydroxyl groups excluding tert-OH is 4. The maximum absolute atomic E-state index is 12.7. The Kier molecular flexibility index (Phi) is 33.2. The van der Waals surface area contributed by atoms with Gasteiger partial charge in [-0.05, 0) is 77.0 Å². The summed E-state index contributed by atoms with van der Waals surface area (Å²) >= 11 is 0. The number of hydrogen-bond donors (Lipinski definition) is 4. The summed E-state index contributed by atoms with van der Waals surface area (Å²) in [7, 11) is 0. The molecule has 0 aliphatic carbocycles. The fourth-order valence-corrected chi connectivity index (χ4v) is 6.19. The van der Waals surface area contributed by atoms with Gasteiger partial charge in [0, 0.05) is 12.8 Å². The summed E-state index contributed by atoms with van der Waals surface area (Å²) in [5.74, 6) is -0.842. The number of unbranched alkanes of at least 4 members (excludes halogenated alkanes) is 16. The number of allylic oxidation sites excluding steroid dienone is 8. The molecule has 0 amide bonds. The molecule has 55 heavy (non-hydrogen) atoms. The molecule has 0 aromatic heterocycles. The number of esters is 2. The molecule has 1 rings (SSSR count). The van der Waals surface area contributed by atoms with Crippen molar-refractivity contribution in [3.05, 3.63) is 48.6 Å². The Morgan fingerprint density at radius 1 is 0.564 bits per heavy atom. The van der Waals surface area contributed by atoms with Crippen LogP contribution in [-0.4, -0.2) is 89.0 Å². The van der Waals surface area contributed by atoms with E-state index in [1.165, 1.54) is 44.9 Å². The van der Waals surface area contributed by atoms with Crippen LogP contribution < -0.4 is 0 Å². The average molecular weight is 779 g/mol. The van der Waals surface area contributed by atoms with E-state index in [9.17, 15) is 30.0 Å². The van der Waals surface area contributed by atoms with Crippen molar-refractivity contribution in [1.82, 2.24) is 0 Å². The van der Waals surface area contributed by atoms with Crippen molar-refractivity contribution < 1.29 is 49.0 Å². The zero-order valence-electron chi connectivity index (χ0n) is 34.4. The molecule has 4 N–H and O–H groups in total. The SMILES string of the molecule is CCCCCC=CCC=CCCCCCCCC(=O)OCC(COC1OC(CO)C(O)C(O)C1O)OC(=O)CCCCCCCC=CCC=CCCCCC. The molecule has 1 aliphatic rings. The molecule has 0 saturated carbocycles. The molecule has 10 heteroatoms. The molecule has 6 atom stereocenters. The van der Waals surface area contributed by atoms with Gasteiger partial charge in [0.05, 0.1) is 13.2 Å². The molecule has 0 radical (unpaired) electrons. The molecule has 1 saturated heterocycles. The number of carbonyl (C=O) groups excluding carboxylic acids is 2. The van der Waals surface area contributed by atoms with E-state index in [2.05, 4.69) is 62.5 Å². The van der Waals surface area contributed by atoms with Gasteiger partial charge in [-0.3, -0.25) is 9.59 Å². The lowest BCUT2D eigenvalue weighted by Crippen LogP contribution is -2.59. The Morgan fingerprint density at radius 2 is 1.02 bits per heavy atom. The highest BCUT2D eigenvalue weighted by atomic mass is 16.7. The smallest absolute Gasteiger partial charge is 0.306 e. The Bertz CT molecular complexity index is 1040. The monoisotopic (exact) mass is 779 g/mol. The fourth-order valence-electron chi connectivity index (χ4n) is 6.19. The van der Waals surface area contributed by atoms with Crippen LogP contribution in [0.15, 0.2) is 48.6 Å². The minimum atomic E-state index is -1.60. The number of ether oxygens (including phenoxy) is 4. The van der Waals surface area contributed by atoms with E-state index in [4.69, 9.17) is 18.9 Å². The van der Waals surface area contributed by atoms with Crippen molar-refractivity contribution in [3.8, 4) is 0 Å². The Hall–Kier alpha value is -2.34. The molecule has 0 aromatic carbocycles. The molecule has 1 aliphatic heterocycles. The molecule has 1 heterocycles. The first-order valence-electron chi connectivity index (χ1n) is 21.7. The second kappa shape index (κ2) is 36.0. The van der Waals surface area contributed by atoms with Gasteiger partial charge < -0.3 is 39.4 Å². The van der Waals surface area contributed by atoms with Gasteiger partial charge in [-0.2, -0.15) is 0 Å². The zero-order chi connectivity index (χ0) is 40.2. The topological polar surface area (TPSA) is 152 Å². The van der Waals surface area contributed by atoms with Gasteiger partial charge in [0.1, 0.15) is 31.0 Å². The maximum atomic E-state index is 12.7. The van der Waals surface area contributed by atoms with Crippen LogP contribution in [-0.2, 0) is 28.5 Å². The van der Waals surface area contributed by atoms with Crippen molar-refractivity contribution in [1.29, 1.82) is 0 Å². The lowest BCUT2D eigenvalue weighted by atomic mass is 9.99. The standard InChI is InChI=1S/C45H78O10/c1-3-5-7-9-11-13-15-17-19-21-23-25-27-29-31-33-40(47)52-36-38(37-53-45-44(51)43(50)42(49)39(35-46)55-45)54-41(48)34-32-30-28-26-24-22-20-18-16-14-12-10-8-6-4-2/h11-14,17-20,38-39,42-46,49-51H,3-10,15-16,21-37H2,1-2H3. The van der Waals surface area contributed by atoms with Gasteiger partial charge in [-0.1, -0.05) is 127 Å². The van der Waals surface area contributed by atoms with E-state index in [1.54, 1.807) is 0 Å². The minimum absolute atomic E-state index is 0.209. The normalized spacial score (nSPS) is 21.0. The van der Waals surface area contributed by atoms with Gasteiger partial charge in [0.2, 0.25) is 0 Å². The first kappa shape index (κ1) is 50.7. The van der Waals surface area contributed by atoms with Crippen LogP contribution in [0.5, 0.6) is 0 Å². The van der Waals surface area contributed by atoms with Crippen LogP contribution in [0.3, 0.4) is 0 Å². The van der Waals surface area contributed by atoms with Crippen molar-refractivity contribution >= 4 is 11.9 Å². The van der Waals surface area contributed by atoms with Crippen molar-refractivity contribution in [2.75, 3.05) is 19.8 Å². The molecule has 6 unspecified atom stereocenters. The van der Waals surface area contributed by atoms with Crippen LogP contribution >= 0.6 is 0 Å². The van der Waals surface area contributed by atoms with E-state index in [0.717, 1.165) is 83.5 Å².